The number of rotatable bonds is 4. The second-order valence-corrected chi connectivity index (χ2v) is 8.09. The van der Waals surface area contributed by atoms with E-state index in [1.165, 1.54) is 30.4 Å². The molecule has 2 aliphatic heterocycles. The fourth-order valence-electron chi connectivity index (χ4n) is 3.62. The van der Waals surface area contributed by atoms with E-state index >= 15 is 0 Å². The highest BCUT2D eigenvalue weighted by Crippen LogP contribution is 2.24. The minimum absolute atomic E-state index is 0.230. The zero-order valence-electron chi connectivity index (χ0n) is 15.3. The molecule has 2 aromatic rings. The molecule has 2 aliphatic rings. The summed E-state index contributed by atoms with van der Waals surface area (Å²) in [6.07, 6.45) is -0.921. The molecule has 7 nitrogen and oxygen atoms in total. The summed E-state index contributed by atoms with van der Waals surface area (Å²) in [5.74, 6) is -0.747. The van der Waals surface area contributed by atoms with Crippen molar-refractivity contribution in [1.82, 2.24) is 20.1 Å². The highest BCUT2D eigenvalue weighted by molar-refractivity contribution is 7.09. The number of hydrogen-bond acceptors (Lipinski definition) is 6. The van der Waals surface area contributed by atoms with Crippen molar-refractivity contribution in [2.24, 2.45) is 0 Å². The highest BCUT2D eigenvalue weighted by atomic mass is 32.1. The number of fused-ring (bicyclic) bond motifs is 1. The topological polar surface area (TPSA) is 85.8 Å². The van der Waals surface area contributed by atoms with Crippen molar-refractivity contribution < 1.29 is 19.1 Å². The highest BCUT2D eigenvalue weighted by Gasteiger charge is 2.44. The molecule has 2 amide bonds. The number of thiazole rings is 1. The largest absolute Gasteiger partial charge is 0.391 e. The number of carbonyl (C=O) groups excluding carboxylic acids is 2. The third kappa shape index (κ3) is 3.65. The van der Waals surface area contributed by atoms with Crippen LogP contribution in [0.3, 0.4) is 0 Å². The first-order chi connectivity index (χ1) is 13.4. The summed E-state index contributed by atoms with van der Waals surface area (Å²) in [5, 5.41) is 15.2. The molecule has 2 fully saturated rings. The number of nitrogens with one attached hydrogen (secondary N) is 1. The minimum Gasteiger partial charge on any atom is -0.391 e. The van der Waals surface area contributed by atoms with Gasteiger partial charge in [-0.3, -0.25) is 14.5 Å². The first kappa shape index (κ1) is 19.0. The first-order valence-corrected chi connectivity index (χ1v) is 10.0. The van der Waals surface area contributed by atoms with Crippen LogP contribution in [-0.4, -0.2) is 69.5 Å². The maximum atomic E-state index is 13.1. The van der Waals surface area contributed by atoms with Crippen molar-refractivity contribution in [3.8, 4) is 11.3 Å². The number of aromatic nitrogens is 1. The average molecular weight is 404 g/mol. The molecule has 3 atom stereocenters. The number of amides is 2. The smallest absolute Gasteiger partial charge is 0.248 e. The van der Waals surface area contributed by atoms with Gasteiger partial charge in [0.05, 0.1) is 18.3 Å². The predicted octanol–water partition coefficient (Wildman–Crippen LogP) is 0.841. The molecule has 4 rings (SSSR count). The maximum absolute atomic E-state index is 13.1. The normalized spacial score (nSPS) is 24.0. The molecule has 9 heteroatoms. The van der Waals surface area contributed by atoms with Crippen LogP contribution in [0.2, 0.25) is 0 Å². The Hall–Kier alpha value is -2.36. The lowest BCUT2D eigenvalue weighted by Gasteiger charge is -2.45. The fraction of sp³-hybridized carbons (Fsp3) is 0.421. The summed E-state index contributed by atoms with van der Waals surface area (Å²) in [4.78, 5) is 33.2. The molecule has 148 valence electrons. The molecular weight excluding hydrogens is 383 g/mol. The van der Waals surface area contributed by atoms with E-state index in [4.69, 9.17) is 0 Å². The van der Waals surface area contributed by atoms with E-state index in [0.29, 0.717) is 26.2 Å². The van der Waals surface area contributed by atoms with Gasteiger partial charge in [0, 0.05) is 30.6 Å². The summed E-state index contributed by atoms with van der Waals surface area (Å²) < 4.78 is 13.1. The number of carbonyl (C=O) groups is 2. The van der Waals surface area contributed by atoms with Gasteiger partial charge in [-0.15, -0.1) is 11.3 Å². The van der Waals surface area contributed by atoms with Crippen molar-refractivity contribution in [3.63, 3.8) is 0 Å². The zero-order chi connectivity index (χ0) is 19.8. The van der Waals surface area contributed by atoms with Gasteiger partial charge in [0.2, 0.25) is 11.8 Å². The molecule has 0 radical (unpaired) electrons. The number of nitrogens with zero attached hydrogens (tertiary/aromatic N) is 3. The van der Waals surface area contributed by atoms with E-state index < -0.39 is 18.2 Å². The van der Waals surface area contributed by atoms with Gasteiger partial charge in [0.15, 0.2) is 0 Å². The van der Waals surface area contributed by atoms with Crippen LogP contribution in [0.1, 0.15) is 11.9 Å². The monoisotopic (exact) mass is 404 g/mol. The van der Waals surface area contributed by atoms with Crippen LogP contribution in [0.15, 0.2) is 29.6 Å². The van der Waals surface area contributed by atoms with Crippen LogP contribution in [0.4, 0.5) is 4.39 Å². The number of hydrogen-bond donors (Lipinski definition) is 2. The van der Waals surface area contributed by atoms with Gasteiger partial charge < -0.3 is 15.3 Å². The molecule has 0 bridgehead atoms. The summed E-state index contributed by atoms with van der Waals surface area (Å²) in [7, 11) is 0. The fourth-order valence-corrected chi connectivity index (χ4v) is 4.46. The predicted molar refractivity (Wildman–Crippen MR) is 102 cm³/mol. The Morgan fingerprint density at radius 3 is 2.79 bits per heavy atom. The van der Waals surface area contributed by atoms with Gasteiger partial charge in [0.25, 0.3) is 0 Å². The van der Waals surface area contributed by atoms with E-state index in [9.17, 15) is 19.1 Å². The lowest BCUT2D eigenvalue weighted by atomic mass is 10.0. The summed E-state index contributed by atoms with van der Waals surface area (Å²) >= 11 is 1.52. The van der Waals surface area contributed by atoms with Gasteiger partial charge in [-0.05, 0) is 31.2 Å². The Kier molecular flexibility index (Phi) is 5.13. The number of benzene rings is 1. The number of halogens is 1. The molecule has 0 aliphatic carbocycles. The number of aliphatic hydroxyl groups is 1. The van der Waals surface area contributed by atoms with Crippen LogP contribution < -0.4 is 5.32 Å². The molecule has 28 heavy (non-hydrogen) atoms. The van der Waals surface area contributed by atoms with E-state index in [1.54, 1.807) is 17.0 Å². The van der Waals surface area contributed by atoms with Crippen LogP contribution in [0, 0.1) is 5.82 Å². The van der Waals surface area contributed by atoms with Gasteiger partial charge in [-0.1, -0.05) is 0 Å². The molecule has 2 N–H and O–H groups in total. The zero-order valence-corrected chi connectivity index (χ0v) is 16.2. The maximum Gasteiger partial charge on any atom is 0.248 e. The third-order valence-corrected chi connectivity index (χ3v) is 5.98. The van der Waals surface area contributed by atoms with Crippen LogP contribution >= 0.6 is 11.3 Å². The molecule has 2 saturated heterocycles. The summed E-state index contributed by atoms with van der Waals surface area (Å²) in [5.41, 5.74) is 1.65. The molecule has 1 aromatic carbocycles. The van der Waals surface area contributed by atoms with E-state index in [-0.39, 0.29) is 17.6 Å². The minimum atomic E-state index is -0.921. The summed E-state index contributed by atoms with van der Waals surface area (Å²) in [6.45, 7) is 3.58. The van der Waals surface area contributed by atoms with Gasteiger partial charge in [-0.25, -0.2) is 9.37 Å². The van der Waals surface area contributed by atoms with E-state index in [1.807, 2.05) is 5.38 Å². The Labute approximate surface area is 165 Å². The van der Waals surface area contributed by atoms with Crippen LogP contribution in [0.25, 0.3) is 11.3 Å². The Morgan fingerprint density at radius 1 is 1.32 bits per heavy atom. The van der Waals surface area contributed by atoms with Gasteiger partial charge >= 0.3 is 0 Å². The number of piperazine rings is 2. The van der Waals surface area contributed by atoms with Crippen molar-refractivity contribution in [2.75, 3.05) is 19.6 Å². The van der Waals surface area contributed by atoms with Gasteiger partial charge in [-0.2, -0.15) is 0 Å². The molecule has 0 spiro atoms. The van der Waals surface area contributed by atoms with Gasteiger partial charge in [0.1, 0.15) is 22.9 Å². The molecule has 0 unspecified atom stereocenters. The second kappa shape index (κ2) is 7.57. The van der Waals surface area contributed by atoms with Crippen molar-refractivity contribution in [2.45, 2.75) is 31.7 Å². The van der Waals surface area contributed by atoms with E-state index in [0.717, 1.165) is 16.3 Å². The van der Waals surface area contributed by atoms with Crippen LogP contribution in [0.5, 0.6) is 0 Å². The quantitative estimate of drug-likeness (QED) is 0.789. The Morgan fingerprint density at radius 2 is 2.07 bits per heavy atom. The summed E-state index contributed by atoms with van der Waals surface area (Å²) in [6, 6.07) is 4.80. The van der Waals surface area contributed by atoms with E-state index in [2.05, 4.69) is 15.2 Å². The Bertz CT molecular complexity index is 886. The molecule has 1 aromatic heterocycles. The third-order valence-electron chi connectivity index (χ3n) is 5.15. The molecule has 0 saturated carbocycles. The lowest BCUT2D eigenvalue weighted by molar-refractivity contribution is -0.156. The molecule has 3 heterocycles. The second-order valence-electron chi connectivity index (χ2n) is 7.14. The standard InChI is InChI=1S/C19H21FN4O3S/c1-11(25)17-19(27)24-7-6-23(8-15(24)18(26)22-17)9-16-21-14(10-28-16)12-2-4-13(20)5-3-12/h2-5,10-11,15,17,25H,6-9H2,1H3,(H,22,26)/t11-,15+,17+/m0/s1. The lowest BCUT2D eigenvalue weighted by Crippen LogP contribution is -2.70. The SMILES string of the molecule is C[C@H](O)[C@H]1NC(=O)[C@H]2CN(Cc3nc(-c4ccc(F)cc4)cs3)CCN2C1=O. The average Bonchev–Trinajstić information content (AvgIpc) is 3.13. The van der Waals surface area contributed by atoms with Crippen LogP contribution in [-0.2, 0) is 16.1 Å². The van der Waals surface area contributed by atoms with Crippen molar-refractivity contribution in [1.29, 1.82) is 0 Å². The van der Waals surface area contributed by atoms with Crippen molar-refractivity contribution >= 4 is 23.2 Å². The number of aliphatic hydroxyl groups excluding tert-OH is 1. The molecular formula is C19H21FN4O3S. The Balaban J connectivity index is 1.42. The first-order valence-electron chi connectivity index (χ1n) is 9.14. The van der Waals surface area contributed by atoms with Crippen molar-refractivity contribution in [3.05, 3.63) is 40.5 Å².